The number of imidazole rings is 1. The predicted molar refractivity (Wildman–Crippen MR) is 120 cm³/mol. The number of hydrogen-bond donors (Lipinski definition) is 2. The van der Waals surface area contributed by atoms with E-state index in [2.05, 4.69) is 36.8 Å². The van der Waals surface area contributed by atoms with Gasteiger partial charge in [0.1, 0.15) is 5.75 Å². The number of carbonyl (C=O) groups is 2. The summed E-state index contributed by atoms with van der Waals surface area (Å²) >= 11 is 0. The van der Waals surface area contributed by atoms with Crippen LogP contribution in [0.3, 0.4) is 0 Å². The molecule has 0 amide bonds. The van der Waals surface area contributed by atoms with Crippen molar-refractivity contribution in [3.63, 3.8) is 0 Å². The highest BCUT2D eigenvalue weighted by Crippen LogP contribution is 2.24. The van der Waals surface area contributed by atoms with Gasteiger partial charge in [-0.2, -0.15) is 23.1 Å². The van der Waals surface area contributed by atoms with E-state index in [9.17, 15) is 27.6 Å². The van der Waals surface area contributed by atoms with Crippen molar-refractivity contribution in [1.82, 2.24) is 24.8 Å². The van der Waals surface area contributed by atoms with Crippen LogP contribution in [0.4, 0.5) is 19.1 Å². The smallest absolute Gasteiger partial charge is 0.426 e. The monoisotopic (exact) mass is 504 g/mol. The number of benzene rings is 1. The maximum atomic E-state index is 12.9. The zero-order valence-electron chi connectivity index (χ0n) is 18.8. The van der Waals surface area contributed by atoms with Gasteiger partial charge in [0.05, 0.1) is 12.1 Å². The van der Waals surface area contributed by atoms with Crippen molar-refractivity contribution in [2.75, 3.05) is 31.1 Å². The van der Waals surface area contributed by atoms with E-state index in [1.54, 1.807) is 11.5 Å². The summed E-state index contributed by atoms with van der Waals surface area (Å²) in [7, 11) is 0. The number of hydrogen-bond acceptors (Lipinski definition) is 9. The summed E-state index contributed by atoms with van der Waals surface area (Å²) in [6.45, 7) is 4.83. The molecule has 0 aliphatic carbocycles. The summed E-state index contributed by atoms with van der Waals surface area (Å²) in [6.07, 6.45) is -5.30. The van der Waals surface area contributed by atoms with Crippen molar-refractivity contribution < 1.29 is 32.2 Å². The Bertz CT molecular complexity index is 1410. The first-order chi connectivity index (χ1) is 17.2. The van der Waals surface area contributed by atoms with Crippen LogP contribution in [0.15, 0.2) is 29.1 Å². The van der Waals surface area contributed by atoms with Crippen molar-refractivity contribution in [2.45, 2.75) is 19.6 Å². The van der Waals surface area contributed by atoms with Gasteiger partial charge >= 0.3 is 24.1 Å². The van der Waals surface area contributed by atoms with Crippen LogP contribution in [-0.2, 0) is 16.1 Å². The van der Waals surface area contributed by atoms with Crippen molar-refractivity contribution in [1.29, 1.82) is 0 Å². The number of carbonyl (C=O) groups excluding carboxylic acids is 2. The van der Waals surface area contributed by atoms with Crippen LogP contribution in [0.1, 0.15) is 17.3 Å². The van der Waals surface area contributed by atoms with Crippen molar-refractivity contribution >= 4 is 29.1 Å². The second-order valence-corrected chi connectivity index (χ2v) is 7.51. The summed E-state index contributed by atoms with van der Waals surface area (Å²) < 4.78 is 47.8. The Hall–Kier alpha value is -4.38. The van der Waals surface area contributed by atoms with Gasteiger partial charge in [-0.15, -0.1) is 5.92 Å². The molecule has 0 saturated carbocycles. The van der Waals surface area contributed by atoms with Crippen LogP contribution >= 0.6 is 0 Å². The van der Waals surface area contributed by atoms with Crippen LogP contribution < -0.4 is 20.5 Å². The summed E-state index contributed by atoms with van der Waals surface area (Å²) in [6, 6.07) is 4.48. The number of esters is 2. The average Bonchev–Trinajstić information content (AvgIpc) is 3.22. The Morgan fingerprint density at radius 2 is 1.83 bits per heavy atom. The quantitative estimate of drug-likeness (QED) is 0.302. The van der Waals surface area contributed by atoms with Gasteiger partial charge < -0.3 is 19.7 Å². The zero-order chi connectivity index (χ0) is 25.9. The first-order valence-electron chi connectivity index (χ1n) is 10.6. The summed E-state index contributed by atoms with van der Waals surface area (Å²) in [5.74, 6) is 2.31. The van der Waals surface area contributed by atoms with Crippen molar-refractivity contribution in [2.24, 2.45) is 0 Å². The second kappa shape index (κ2) is 10.1. The third kappa shape index (κ3) is 5.31. The number of piperazine rings is 1. The van der Waals surface area contributed by atoms with Gasteiger partial charge in [0.2, 0.25) is 5.95 Å². The van der Waals surface area contributed by atoms with Gasteiger partial charge in [-0.3, -0.25) is 14.3 Å². The molecule has 1 aliphatic heterocycles. The lowest BCUT2D eigenvalue weighted by atomic mass is 10.2. The van der Waals surface area contributed by atoms with E-state index in [0.717, 1.165) is 25.2 Å². The number of nitrogens with zero attached hydrogens (tertiary/aromatic N) is 4. The largest absolute Gasteiger partial charge is 0.491 e. The van der Waals surface area contributed by atoms with Gasteiger partial charge in [-0.05, 0) is 31.2 Å². The molecule has 0 spiro atoms. The maximum absolute atomic E-state index is 12.9. The lowest BCUT2D eigenvalue weighted by molar-refractivity contribution is -0.193. The van der Waals surface area contributed by atoms with Gasteiger partial charge in [-0.25, -0.2) is 9.59 Å². The number of ether oxygens (including phenoxy) is 2. The van der Waals surface area contributed by atoms with E-state index in [-0.39, 0.29) is 35.0 Å². The molecule has 36 heavy (non-hydrogen) atoms. The number of rotatable bonds is 5. The molecule has 0 radical (unpaired) electrons. The minimum absolute atomic E-state index is 0.106. The molecule has 1 saturated heterocycles. The first-order valence-corrected chi connectivity index (χ1v) is 10.6. The molecule has 0 bridgehead atoms. The van der Waals surface area contributed by atoms with Gasteiger partial charge in [-0.1, -0.05) is 5.92 Å². The molecule has 2 aromatic heterocycles. The summed E-state index contributed by atoms with van der Waals surface area (Å²) in [4.78, 5) is 48.8. The standard InChI is InChI=1S/C22H19F3N6O5/c1-2-3-10-31-15-16(28-21(31)30-11-8-26-9-12-30)27-20(29-17(15)32)35-14-6-4-13(5-7-14)18(33)36-19(34)22(23,24)25/h4-7,26H,8-12H2,1H3,(H,27,29,32). The lowest BCUT2D eigenvalue weighted by Crippen LogP contribution is -2.44. The fourth-order valence-electron chi connectivity index (χ4n) is 3.45. The van der Waals surface area contributed by atoms with Crippen LogP contribution in [0.5, 0.6) is 11.8 Å². The Labute approximate surface area is 201 Å². The van der Waals surface area contributed by atoms with E-state index in [1.165, 1.54) is 12.1 Å². The van der Waals surface area contributed by atoms with E-state index < -0.39 is 23.7 Å². The van der Waals surface area contributed by atoms with Gasteiger partial charge in [0.15, 0.2) is 11.2 Å². The molecule has 3 aromatic rings. The average molecular weight is 504 g/mol. The van der Waals surface area contributed by atoms with Crippen LogP contribution in [0, 0.1) is 11.8 Å². The number of anilines is 1. The maximum Gasteiger partial charge on any atom is 0.491 e. The second-order valence-electron chi connectivity index (χ2n) is 7.51. The lowest BCUT2D eigenvalue weighted by Gasteiger charge is -2.28. The molecular weight excluding hydrogens is 485 g/mol. The number of nitrogens with one attached hydrogen (secondary N) is 2. The molecule has 14 heteroatoms. The van der Waals surface area contributed by atoms with E-state index >= 15 is 0 Å². The number of alkyl halides is 3. The van der Waals surface area contributed by atoms with Crippen LogP contribution in [-0.4, -0.2) is 63.8 Å². The van der Waals surface area contributed by atoms with E-state index in [4.69, 9.17) is 4.74 Å². The number of aromatic amines is 1. The topological polar surface area (TPSA) is 131 Å². The van der Waals surface area contributed by atoms with Gasteiger partial charge in [0.25, 0.3) is 5.56 Å². The number of aromatic nitrogens is 4. The fraction of sp³-hybridized carbons (Fsp3) is 0.318. The highest BCUT2D eigenvalue weighted by Gasteiger charge is 2.42. The normalized spacial score (nSPS) is 13.7. The number of halogens is 3. The molecule has 2 N–H and O–H groups in total. The molecule has 11 nitrogen and oxygen atoms in total. The molecule has 4 rings (SSSR count). The molecule has 1 aromatic carbocycles. The van der Waals surface area contributed by atoms with Gasteiger partial charge in [0, 0.05) is 26.2 Å². The fourth-order valence-corrected chi connectivity index (χ4v) is 3.45. The minimum Gasteiger partial charge on any atom is -0.426 e. The molecule has 1 fully saturated rings. The number of H-pyrrole nitrogens is 1. The zero-order valence-corrected chi connectivity index (χ0v) is 18.8. The Morgan fingerprint density at radius 3 is 2.47 bits per heavy atom. The minimum atomic E-state index is -5.30. The number of fused-ring (bicyclic) bond motifs is 1. The first kappa shape index (κ1) is 24.7. The Balaban J connectivity index is 1.58. The third-order valence-corrected chi connectivity index (χ3v) is 5.11. The van der Waals surface area contributed by atoms with Crippen molar-refractivity contribution in [3.8, 4) is 23.6 Å². The highest BCUT2D eigenvalue weighted by atomic mass is 19.4. The van der Waals surface area contributed by atoms with E-state index in [1.807, 2.05) is 4.90 Å². The molecule has 1 aliphatic rings. The molecule has 0 unspecified atom stereocenters. The summed E-state index contributed by atoms with van der Waals surface area (Å²) in [5.41, 5.74) is -0.446. The molecular formula is C22H19F3N6O5. The highest BCUT2D eigenvalue weighted by molar-refractivity contribution is 5.98. The summed E-state index contributed by atoms with van der Waals surface area (Å²) in [5, 5.41) is 3.25. The van der Waals surface area contributed by atoms with Crippen LogP contribution in [0.2, 0.25) is 0 Å². The van der Waals surface area contributed by atoms with Crippen LogP contribution in [0.25, 0.3) is 11.2 Å². The SMILES string of the molecule is CC#CCn1c(N2CCNCC2)nc2nc(Oc3ccc(C(=O)OC(=O)C(F)(F)F)cc3)[nH]c(=O)c21. The predicted octanol–water partition coefficient (Wildman–Crippen LogP) is 1.59. The molecule has 3 heterocycles. The molecule has 0 atom stereocenters. The molecule has 188 valence electrons. The van der Waals surface area contributed by atoms with E-state index in [0.29, 0.717) is 19.0 Å². The Kier molecular flexibility index (Phi) is 6.93. The third-order valence-electron chi connectivity index (χ3n) is 5.11. The van der Waals surface area contributed by atoms with Crippen molar-refractivity contribution in [3.05, 3.63) is 40.2 Å². The Morgan fingerprint density at radius 1 is 1.14 bits per heavy atom.